The van der Waals surface area contributed by atoms with E-state index >= 15 is 0 Å². The zero-order chi connectivity index (χ0) is 10.8. The summed E-state index contributed by atoms with van der Waals surface area (Å²) >= 11 is -2.03. The van der Waals surface area contributed by atoms with Crippen LogP contribution in [0, 0.1) is 0 Å². The first-order chi connectivity index (χ1) is 7.18. The van der Waals surface area contributed by atoms with Gasteiger partial charge >= 0.3 is 0 Å². The van der Waals surface area contributed by atoms with Gasteiger partial charge in [-0.1, -0.05) is 12.1 Å². The van der Waals surface area contributed by atoms with E-state index in [1.165, 1.54) is 6.26 Å². The molecule has 78 valence electrons. The summed E-state index contributed by atoms with van der Waals surface area (Å²) < 4.78 is 24.5. The molecule has 2 rings (SSSR count). The average Bonchev–Trinajstić information content (AvgIpc) is 2.22. The van der Waals surface area contributed by atoms with Crippen molar-refractivity contribution in [1.29, 1.82) is 0 Å². The Bertz CT molecular complexity index is 573. The Kier molecular flexibility index (Phi) is 2.66. The average molecular weight is 224 g/mol. The van der Waals surface area contributed by atoms with Crippen LogP contribution in [0.15, 0.2) is 39.7 Å². The quantitative estimate of drug-likeness (QED) is 0.785. The van der Waals surface area contributed by atoms with Crippen LogP contribution in [-0.2, 0) is 16.8 Å². The third-order valence-electron chi connectivity index (χ3n) is 2.03. The van der Waals surface area contributed by atoms with Crippen molar-refractivity contribution in [2.75, 3.05) is 0 Å². The molecule has 5 heteroatoms. The van der Waals surface area contributed by atoms with Crippen molar-refractivity contribution >= 4 is 22.0 Å². The number of fused-ring (bicyclic) bond motifs is 1. The molecule has 1 atom stereocenters. The molecule has 0 spiro atoms. The molecule has 15 heavy (non-hydrogen) atoms. The second-order valence-electron chi connectivity index (χ2n) is 3.05. The van der Waals surface area contributed by atoms with Crippen molar-refractivity contribution < 1.29 is 13.2 Å². The lowest BCUT2D eigenvalue weighted by molar-refractivity contribution is 0.559. The van der Waals surface area contributed by atoms with E-state index in [0.29, 0.717) is 11.0 Å². The molecule has 0 aliphatic carbocycles. The third-order valence-corrected chi connectivity index (χ3v) is 2.59. The summed E-state index contributed by atoms with van der Waals surface area (Å²) in [6.45, 7) is 0. The third kappa shape index (κ3) is 1.98. The molecule has 0 fully saturated rings. The summed E-state index contributed by atoms with van der Waals surface area (Å²) in [4.78, 5) is 11.8. The van der Waals surface area contributed by atoms with Crippen LogP contribution < -0.4 is 5.43 Å². The van der Waals surface area contributed by atoms with Crippen molar-refractivity contribution in [3.8, 4) is 0 Å². The summed E-state index contributed by atoms with van der Waals surface area (Å²) in [5.41, 5.74) is 0.448. The molecule has 1 N–H and O–H groups in total. The van der Waals surface area contributed by atoms with E-state index in [2.05, 4.69) is 0 Å². The lowest BCUT2D eigenvalue weighted by atomic mass is 10.2. The molecule has 0 aliphatic heterocycles. The molecule has 1 unspecified atom stereocenters. The zero-order valence-corrected chi connectivity index (χ0v) is 8.49. The van der Waals surface area contributed by atoms with Crippen LogP contribution in [0.25, 0.3) is 11.0 Å². The topological polar surface area (TPSA) is 67.5 Å². The van der Waals surface area contributed by atoms with Crippen LogP contribution in [0.4, 0.5) is 0 Å². The standard InChI is InChI=1S/C10H8O4S/c11-10-7(6-15(12)13)5-14-9-4-2-1-3-8(9)10/h1-5H,6H2,(H,12,13). The maximum atomic E-state index is 11.8. The molecule has 2 aromatic rings. The second kappa shape index (κ2) is 3.96. The van der Waals surface area contributed by atoms with Crippen LogP contribution >= 0.6 is 0 Å². The van der Waals surface area contributed by atoms with E-state index in [9.17, 15) is 9.00 Å². The molecular formula is C10H8O4S. The lowest BCUT2D eigenvalue weighted by Crippen LogP contribution is -2.10. The first-order valence-corrected chi connectivity index (χ1v) is 5.53. The molecular weight excluding hydrogens is 216 g/mol. The summed E-state index contributed by atoms with van der Waals surface area (Å²) in [6, 6.07) is 6.79. The predicted molar refractivity (Wildman–Crippen MR) is 57.0 cm³/mol. The van der Waals surface area contributed by atoms with E-state index < -0.39 is 11.1 Å². The van der Waals surface area contributed by atoms with E-state index in [0.717, 1.165) is 0 Å². The maximum absolute atomic E-state index is 11.8. The molecule has 0 aliphatic rings. The van der Waals surface area contributed by atoms with Crippen LogP contribution in [0.3, 0.4) is 0 Å². The number of hydrogen-bond acceptors (Lipinski definition) is 3. The molecule has 0 radical (unpaired) electrons. The highest BCUT2D eigenvalue weighted by atomic mass is 32.2. The van der Waals surface area contributed by atoms with Crippen LogP contribution in [0.1, 0.15) is 5.56 Å². The number of rotatable bonds is 2. The minimum Gasteiger partial charge on any atom is -0.464 e. The normalized spacial score (nSPS) is 12.9. The molecule has 4 nitrogen and oxygen atoms in total. The Labute approximate surface area is 87.8 Å². The molecule has 1 heterocycles. The van der Waals surface area contributed by atoms with Crippen molar-refractivity contribution in [2.45, 2.75) is 5.75 Å². The molecule has 0 amide bonds. The van der Waals surface area contributed by atoms with Gasteiger partial charge in [0.1, 0.15) is 5.58 Å². The highest BCUT2D eigenvalue weighted by Crippen LogP contribution is 2.10. The summed E-state index contributed by atoms with van der Waals surface area (Å²) in [5, 5.41) is 0.431. The first-order valence-electron chi connectivity index (χ1n) is 4.25. The van der Waals surface area contributed by atoms with Crippen LogP contribution in [0.5, 0.6) is 0 Å². The van der Waals surface area contributed by atoms with E-state index in [1.54, 1.807) is 24.3 Å². The highest BCUT2D eigenvalue weighted by Gasteiger charge is 2.08. The van der Waals surface area contributed by atoms with Gasteiger partial charge in [0, 0.05) is 0 Å². The van der Waals surface area contributed by atoms with Crippen LogP contribution in [-0.4, -0.2) is 8.76 Å². The second-order valence-corrected chi connectivity index (χ2v) is 3.98. The summed E-state index contributed by atoms with van der Waals surface area (Å²) in [6.07, 6.45) is 1.23. The van der Waals surface area contributed by atoms with Gasteiger partial charge in [0.2, 0.25) is 0 Å². The van der Waals surface area contributed by atoms with Gasteiger partial charge in [0.25, 0.3) is 0 Å². The molecule has 1 aromatic heterocycles. The molecule has 1 aromatic carbocycles. The van der Waals surface area contributed by atoms with E-state index in [1.807, 2.05) is 0 Å². The summed E-state index contributed by atoms with van der Waals surface area (Å²) in [7, 11) is 0. The van der Waals surface area contributed by atoms with E-state index in [-0.39, 0.29) is 16.7 Å². The Balaban J connectivity index is 2.65. The summed E-state index contributed by atoms with van der Waals surface area (Å²) in [5.74, 6) is -0.201. The minimum absolute atomic E-state index is 0.201. The number of benzene rings is 1. The van der Waals surface area contributed by atoms with Crippen molar-refractivity contribution in [3.05, 3.63) is 46.3 Å². The fourth-order valence-electron chi connectivity index (χ4n) is 1.35. The highest BCUT2D eigenvalue weighted by molar-refractivity contribution is 7.78. The fraction of sp³-hybridized carbons (Fsp3) is 0.100. The van der Waals surface area contributed by atoms with Gasteiger partial charge in [-0.2, -0.15) is 0 Å². The molecule has 0 saturated carbocycles. The van der Waals surface area contributed by atoms with Gasteiger partial charge in [0.15, 0.2) is 16.5 Å². The van der Waals surface area contributed by atoms with Crippen LogP contribution in [0.2, 0.25) is 0 Å². The Hall–Kier alpha value is -1.46. The van der Waals surface area contributed by atoms with Crippen molar-refractivity contribution in [3.63, 3.8) is 0 Å². The smallest absolute Gasteiger partial charge is 0.196 e. The van der Waals surface area contributed by atoms with Gasteiger partial charge in [-0.3, -0.25) is 4.79 Å². The SMILES string of the molecule is O=c1c(CS(=O)O)coc2ccccc12. The largest absolute Gasteiger partial charge is 0.464 e. The Morgan fingerprint density at radius 3 is 2.80 bits per heavy atom. The van der Waals surface area contributed by atoms with E-state index in [4.69, 9.17) is 8.97 Å². The molecule has 0 bridgehead atoms. The van der Waals surface area contributed by atoms with Crippen molar-refractivity contribution in [2.24, 2.45) is 0 Å². The monoisotopic (exact) mass is 224 g/mol. The maximum Gasteiger partial charge on any atom is 0.196 e. The fourth-order valence-corrected chi connectivity index (χ4v) is 1.82. The predicted octanol–water partition coefficient (Wildman–Crippen LogP) is 1.51. The molecule has 0 saturated heterocycles. The van der Waals surface area contributed by atoms with Gasteiger partial charge in [0.05, 0.1) is 23.0 Å². The van der Waals surface area contributed by atoms with Gasteiger partial charge in [-0.05, 0) is 12.1 Å². The van der Waals surface area contributed by atoms with Crippen molar-refractivity contribution in [1.82, 2.24) is 0 Å². The Morgan fingerprint density at radius 1 is 1.33 bits per heavy atom. The number of para-hydroxylation sites is 1. The van der Waals surface area contributed by atoms with Gasteiger partial charge in [-0.15, -0.1) is 0 Å². The lowest BCUT2D eigenvalue weighted by Gasteiger charge is -1.99. The first kappa shape index (κ1) is 10.1. The minimum atomic E-state index is -2.03. The van der Waals surface area contributed by atoms with Gasteiger partial charge < -0.3 is 8.97 Å². The Morgan fingerprint density at radius 2 is 2.07 bits per heavy atom. The zero-order valence-electron chi connectivity index (χ0n) is 7.67. The number of hydrogen-bond donors (Lipinski definition) is 1. The van der Waals surface area contributed by atoms with Gasteiger partial charge in [-0.25, -0.2) is 4.21 Å².